The van der Waals surface area contributed by atoms with Crippen LogP contribution in [0.5, 0.6) is 0 Å². The minimum Gasteiger partial charge on any atom is -0.391 e. The Morgan fingerprint density at radius 3 is 2.81 bits per heavy atom. The Morgan fingerprint density at radius 2 is 2.10 bits per heavy atom. The molecule has 0 atom stereocenters. The van der Waals surface area contributed by atoms with Gasteiger partial charge in [0.25, 0.3) is 5.69 Å². The molecule has 2 aromatic carbocycles. The molecule has 7 heteroatoms. The zero-order chi connectivity index (χ0) is 14.8. The van der Waals surface area contributed by atoms with E-state index in [1.54, 1.807) is 23.5 Å². The van der Waals surface area contributed by atoms with E-state index in [-0.39, 0.29) is 12.3 Å². The van der Waals surface area contributed by atoms with Crippen molar-refractivity contribution in [1.82, 2.24) is 4.98 Å². The zero-order valence-electron chi connectivity index (χ0n) is 10.7. The summed E-state index contributed by atoms with van der Waals surface area (Å²) in [6.07, 6.45) is 0. The van der Waals surface area contributed by atoms with E-state index < -0.39 is 4.92 Å². The van der Waals surface area contributed by atoms with Crippen LogP contribution in [0.1, 0.15) is 5.56 Å². The van der Waals surface area contributed by atoms with E-state index >= 15 is 0 Å². The molecule has 3 rings (SSSR count). The monoisotopic (exact) mass is 318 g/mol. The van der Waals surface area contributed by atoms with Gasteiger partial charge < -0.3 is 5.11 Å². The van der Waals surface area contributed by atoms with E-state index in [4.69, 9.17) is 0 Å². The fourth-order valence-corrected chi connectivity index (χ4v) is 4.03. The molecule has 0 spiro atoms. The predicted molar refractivity (Wildman–Crippen MR) is 82.8 cm³/mol. The zero-order valence-corrected chi connectivity index (χ0v) is 12.4. The second kappa shape index (κ2) is 5.80. The molecule has 0 bridgehead atoms. The first kappa shape index (κ1) is 14.0. The molecule has 1 N–H and O–H groups in total. The highest BCUT2D eigenvalue weighted by Crippen LogP contribution is 2.35. The summed E-state index contributed by atoms with van der Waals surface area (Å²) in [6, 6.07) is 12.6. The van der Waals surface area contributed by atoms with Gasteiger partial charge in [-0.05, 0) is 24.3 Å². The lowest BCUT2D eigenvalue weighted by atomic mass is 10.2. The molecule has 0 unspecified atom stereocenters. The van der Waals surface area contributed by atoms with Crippen LogP contribution in [0, 0.1) is 10.1 Å². The Bertz CT molecular complexity index is 784. The van der Waals surface area contributed by atoms with Gasteiger partial charge in [0.15, 0.2) is 4.34 Å². The van der Waals surface area contributed by atoms with Crippen molar-refractivity contribution in [3.05, 3.63) is 58.1 Å². The Balaban J connectivity index is 1.92. The quantitative estimate of drug-likeness (QED) is 0.584. The molecule has 0 fully saturated rings. The number of hydrogen-bond acceptors (Lipinski definition) is 6. The fourth-order valence-electron chi connectivity index (χ4n) is 1.93. The van der Waals surface area contributed by atoms with E-state index in [1.807, 2.05) is 24.3 Å². The first-order valence-electron chi connectivity index (χ1n) is 6.09. The fraction of sp³-hybridized carbons (Fsp3) is 0.0714. The van der Waals surface area contributed by atoms with E-state index in [0.717, 1.165) is 19.5 Å². The summed E-state index contributed by atoms with van der Waals surface area (Å²) in [5, 5.41) is 20.1. The molecular weight excluding hydrogens is 308 g/mol. The molecule has 1 aromatic heterocycles. The molecule has 0 amide bonds. The second-order valence-electron chi connectivity index (χ2n) is 4.26. The number of nitro benzene ring substituents is 1. The molecule has 21 heavy (non-hydrogen) atoms. The van der Waals surface area contributed by atoms with Crippen LogP contribution in [0.25, 0.3) is 10.2 Å². The molecule has 0 saturated carbocycles. The largest absolute Gasteiger partial charge is 0.391 e. The van der Waals surface area contributed by atoms with Gasteiger partial charge >= 0.3 is 0 Å². The maximum atomic E-state index is 10.8. The van der Waals surface area contributed by atoms with Gasteiger partial charge in [-0.25, -0.2) is 4.98 Å². The van der Waals surface area contributed by atoms with Gasteiger partial charge in [-0.2, -0.15) is 0 Å². The number of aliphatic hydroxyl groups is 1. The summed E-state index contributed by atoms with van der Waals surface area (Å²) in [4.78, 5) is 15.7. The van der Waals surface area contributed by atoms with Crippen LogP contribution in [0.15, 0.2) is 51.7 Å². The summed E-state index contributed by atoms with van der Waals surface area (Å²) in [7, 11) is 0. The molecule has 0 aliphatic rings. The van der Waals surface area contributed by atoms with Crippen molar-refractivity contribution in [2.24, 2.45) is 0 Å². The third-order valence-electron chi connectivity index (χ3n) is 2.90. The lowest BCUT2D eigenvalue weighted by Crippen LogP contribution is -1.95. The Kier molecular flexibility index (Phi) is 3.87. The van der Waals surface area contributed by atoms with Crippen molar-refractivity contribution in [3.8, 4) is 0 Å². The number of aromatic nitrogens is 1. The van der Waals surface area contributed by atoms with E-state index in [0.29, 0.717) is 5.56 Å². The van der Waals surface area contributed by atoms with E-state index in [9.17, 15) is 15.2 Å². The third kappa shape index (κ3) is 2.90. The molecule has 5 nitrogen and oxygen atoms in total. The van der Waals surface area contributed by atoms with Crippen LogP contribution in [0.2, 0.25) is 0 Å². The average molecular weight is 318 g/mol. The lowest BCUT2D eigenvalue weighted by Gasteiger charge is -2.02. The van der Waals surface area contributed by atoms with Crippen molar-refractivity contribution < 1.29 is 10.0 Å². The molecule has 106 valence electrons. The average Bonchev–Trinajstić information content (AvgIpc) is 2.88. The van der Waals surface area contributed by atoms with Crippen LogP contribution in [-0.2, 0) is 6.61 Å². The van der Waals surface area contributed by atoms with Crippen LogP contribution < -0.4 is 0 Å². The van der Waals surface area contributed by atoms with Crippen LogP contribution >= 0.6 is 23.1 Å². The summed E-state index contributed by atoms with van der Waals surface area (Å²) in [6.45, 7) is -0.357. The summed E-state index contributed by atoms with van der Waals surface area (Å²) in [5.41, 5.74) is 1.19. The summed E-state index contributed by atoms with van der Waals surface area (Å²) >= 11 is 3.01. The van der Waals surface area contributed by atoms with Gasteiger partial charge in [-0.1, -0.05) is 23.9 Å². The second-order valence-corrected chi connectivity index (χ2v) is 6.61. The Morgan fingerprint density at radius 1 is 1.29 bits per heavy atom. The Labute approximate surface area is 128 Å². The van der Waals surface area contributed by atoms with Crippen molar-refractivity contribution in [2.75, 3.05) is 0 Å². The highest BCUT2D eigenvalue weighted by atomic mass is 32.2. The van der Waals surface area contributed by atoms with E-state index in [1.165, 1.54) is 17.8 Å². The van der Waals surface area contributed by atoms with Crippen molar-refractivity contribution in [2.45, 2.75) is 15.8 Å². The minimum absolute atomic E-state index is 0.0638. The number of aliphatic hydroxyl groups excluding tert-OH is 1. The van der Waals surface area contributed by atoms with Crippen molar-refractivity contribution >= 4 is 39.0 Å². The van der Waals surface area contributed by atoms with Crippen molar-refractivity contribution in [3.63, 3.8) is 0 Å². The lowest BCUT2D eigenvalue weighted by molar-refractivity contribution is -0.385. The molecule has 0 radical (unpaired) electrons. The van der Waals surface area contributed by atoms with Gasteiger partial charge in [0.05, 0.1) is 27.3 Å². The first-order valence-corrected chi connectivity index (χ1v) is 7.72. The molecule has 3 aromatic rings. The summed E-state index contributed by atoms with van der Waals surface area (Å²) in [5.74, 6) is 0. The molecule has 0 saturated heterocycles. The highest BCUT2D eigenvalue weighted by Gasteiger charge is 2.14. The molecule has 0 aliphatic carbocycles. The van der Waals surface area contributed by atoms with Crippen LogP contribution in [0.3, 0.4) is 0 Å². The van der Waals surface area contributed by atoms with E-state index in [2.05, 4.69) is 4.98 Å². The number of fused-ring (bicyclic) bond motifs is 1. The number of hydrogen-bond donors (Lipinski definition) is 1. The molecular formula is C14H10N2O3S2. The number of benzene rings is 2. The number of thiazole rings is 1. The van der Waals surface area contributed by atoms with Crippen molar-refractivity contribution in [1.29, 1.82) is 0 Å². The number of rotatable bonds is 4. The maximum absolute atomic E-state index is 10.8. The van der Waals surface area contributed by atoms with Crippen LogP contribution in [-0.4, -0.2) is 15.0 Å². The van der Waals surface area contributed by atoms with Gasteiger partial charge in [-0.3, -0.25) is 10.1 Å². The first-order chi connectivity index (χ1) is 10.2. The number of nitrogens with zero attached hydrogens (tertiary/aromatic N) is 2. The third-order valence-corrected chi connectivity index (χ3v) is 4.98. The van der Waals surface area contributed by atoms with Gasteiger partial charge in [0.1, 0.15) is 0 Å². The van der Waals surface area contributed by atoms with Gasteiger partial charge in [0.2, 0.25) is 0 Å². The topological polar surface area (TPSA) is 76.3 Å². The number of para-hydroxylation sites is 1. The minimum atomic E-state index is -0.488. The van der Waals surface area contributed by atoms with Gasteiger partial charge in [0, 0.05) is 11.0 Å². The highest BCUT2D eigenvalue weighted by molar-refractivity contribution is 8.01. The van der Waals surface area contributed by atoms with Crippen LogP contribution in [0.4, 0.5) is 5.69 Å². The Hall–Kier alpha value is -1.96. The maximum Gasteiger partial charge on any atom is 0.274 e. The standard InChI is InChI=1S/C14H10N2O3S2/c17-8-9-7-10(5-6-12(9)16(18)19)20-14-15-11-3-1-2-4-13(11)21-14/h1-7,17H,8H2. The summed E-state index contributed by atoms with van der Waals surface area (Å²) < 4.78 is 1.97. The molecule has 0 aliphatic heterocycles. The molecule has 1 heterocycles. The normalized spacial score (nSPS) is 10.9. The number of nitro groups is 1. The van der Waals surface area contributed by atoms with Gasteiger partial charge in [-0.15, -0.1) is 11.3 Å². The SMILES string of the molecule is O=[N+]([O-])c1ccc(Sc2nc3ccccc3s2)cc1CO. The smallest absolute Gasteiger partial charge is 0.274 e. The predicted octanol–water partition coefficient (Wildman–Crippen LogP) is 3.85.